The highest BCUT2D eigenvalue weighted by molar-refractivity contribution is 6.02. The first-order valence-electron chi connectivity index (χ1n) is 11.2. The lowest BCUT2D eigenvalue weighted by atomic mass is 9.78. The topological polar surface area (TPSA) is 56.4 Å². The Hall–Kier alpha value is -3.08. The van der Waals surface area contributed by atoms with Gasteiger partial charge in [-0.25, -0.2) is 0 Å². The van der Waals surface area contributed by atoms with Gasteiger partial charge in [0.25, 0.3) is 5.91 Å². The number of benzene rings is 2. The maximum absolute atomic E-state index is 14.1. The molecule has 3 heterocycles. The van der Waals surface area contributed by atoms with Crippen LogP contribution < -0.4 is 0 Å². The van der Waals surface area contributed by atoms with Crippen LogP contribution in [0.2, 0.25) is 0 Å². The lowest BCUT2D eigenvalue weighted by Gasteiger charge is -2.43. The lowest BCUT2D eigenvalue weighted by molar-refractivity contribution is -0.137. The zero-order valence-electron chi connectivity index (χ0n) is 18.3. The number of carbonyl (C=O) groups is 2. The van der Waals surface area contributed by atoms with Crippen LogP contribution in [0.25, 0.3) is 10.9 Å². The van der Waals surface area contributed by atoms with Crippen molar-refractivity contribution in [3.05, 3.63) is 71.4 Å². The Morgan fingerprint density at radius 3 is 2.42 bits per heavy atom. The van der Waals surface area contributed by atoms with E-state index >= 15 is 0 Å². The van der Waals surface area contributed by atoms with Crippen LogP contribution in [-0.2, 0) is 4.79 Å². The smallest absolute Gasteiger partial charge is 0.254 e. The van der Waals surface area contributed by atoms with Gasteiger partial charge in [-0.05, 0) is 36.0 Å². The number of aromatic nitrogens is 1. The molecule has 1 saturated heterocycles. The van der Waals surface area contributed by atoms with Crippen molar-refractivity contribution in [2.24, 2.45) is 11.8 Å². The molecule has 0 radical (unpaired) electrons. The van der Waals surface area contributed by atoms with E-state index in [4.69, 9.17) is 0 Å². The van der Waals surface area contributed by atoms with Gasteiger partial charge in [-0.2, -0.15) is 0 Å². The standard InChI is InChI=1S/C26H29N3O2/c1-16-12-17(2)15-29(14-16)26(31)23-19-9-4-5-10-20(19)25(30)28(3)24(23)21-13-27-22-11-7-6-8-18(21)22/h4-11,13,16-17,23-24,27H,12,14-15H2,1-3H3/t16-,17+,23-,24+/m0/s1. The fourth-order valence-corrected chi connectivity index (χ4v) is 5.71. The summed E-state index contributed by atoms with van der Waals surface area (Å²) in [6.45, 7) is 6.00. The van der Waals surface area contributed by atoms with E-state index < -0.39 is 5.92 Å². The third-order valence-corrected chi connectivity index (χ3v) is 6.97. The predicted molar refractivity (Wildman–Crippen MR) is 122 cm³/mol. The Bertz CT molecular complexity index is 1140. The van der Waals surface area contributed by atoms with Gasteiger partial charge in [0.15, 0.2) is 0 Å². The number of piperidine rings is 1. The first-order chi connectivity index (χ1) is 15.0. The van der Waals surface area contributed by atoms with Crippen LogP contribution in [-0.4, -0.2) is 46.7 Å². The van der Waals surface area contributed by atoms with E-state index in [0.717, 1.165) is 41.5 Å². The summed E-state index contributed by atoms with van der Waals surface area (Å²) in [5.74, 6) is 0.640. The lowest BCUT2D eigenvalue weighted by Crippen LogP contribution is -2.50. The Morgan fingerprint density at radius 1 is 0.968 bits per heavy atom. The van der Waals surface area contributed by atoms with Crippen molar-refractivity contribution in [1.29, 1.82) is 0 Å². The number of hydrogen-bond acceptors (Lipinski definition) is 2. The number of likely N-dealkylation sites (N-methyl/N-ethyl adjacent to an activating group) is 1. The van der Waals surface area contributed by atoms with E-state index in [-0.39, 0.29) is 17.9 Å². The molecule has 1 fully saturated rings. The average molecular weight is 416 g/mol. The number of carbonyl (C=O) groups excluding carboxylic acids is 2. The summed E-state index contributed by atoms with van der Waals surface area (Å²) in [5.41, 5.74) is 3.50. The molecule has 5 heteroatoms. The van der Waals surface area contributed by atoms with Crippen molar-refractivity contribution >= 4 is 22.7 Å². The summed E-state index contributed by atoms with van der Waals surface area (Å²) >= 11 is 0. The third-order valence-electron chi connectivity index (χ3n) is 6.97. The van der Waals surface area contributed by atoms with E-state index in [1.807, 2.05) is 60.6 Å². The number of para-hydroxylation sites is 1. The largest absolute Gasteiger partial charge is 0.361 e. The molecule has 0 aliphatic carbocycles. The Kier molecular flexibility index (Phi) is 4.84. The first kappa shape index (κ1) is 19.9. The van der Waals surface area contributed by atoms with Gasteiger partial charge in [0.1, 0.15) is 0 Å². The van der Waals surface area contributed by atoms with Gasteiger partial charge < -0.3 is 14.8 Å². The molecule has 1 N–H and O–H groups in total. The molecule has 0 unspecified atom stereocenters. The molecule has 4 atom stereocenters. The van der Waals surface area contributed by atoms with Gasteiger partial charge in [-0.15, -0.1) is 0 Å². The Balaban J connectivity index is 1.66. The summed E-state index contributed by atoms with van der Waals surface area (Å²) in [6.07, 6.45) is 3.12. The van der Waals surface area contributed by atoms with Gasteiger partial charge >= 0.3 is 0 Å². The van der Waals surface area contributed by atoms with Crippen LogP contribution >= 0.6 is 0 Å². The van der Waals surface area contributed by atoms with Crippen LogP contribution in [0.15, 0.2) is 54.7 Å². The molecule has 2 aliphatic rings. The monoisotopic (exact) mass is 415 g/mol. The van der Waals surface area contributed by atoms with Crippen molar-refractivity contribution in [3.63, 3.8) is 0 Å². The number of nitrogens with one attached hydrogen (secondary N) is 1. The van der Waals surface area contributed by atoms with Gasteiger partial charge in [0.05, 0.1) is 12.0 Å². The average Bonchev–Trinajstić information content (AvgIpc) is 3.19. The summed E-state index contributed by atoms with van der Waals surface area (Å²) in [5, 5.41) is 1.06. The van der Waals surface area contributed by atoms with E-state index in [2.05, 4.69) is 24.9 Å². The van der Waals surface area contributed by atoms with Gasteiger partial charge in [0.2, 0.25) is 5.91 Å². The van der Waals surface area contributed by atoms with Gasteiger partial charge in [-0.1, -0.05) is 50.2 Å². The van der Waals surface area contributed by atoms with E-state index in [1.165, 1.54) is 0 Å². The molecule has 160 valence electrons. The Morgan fingerprint density at radius 2 is 1.65 bits per heavy atom. The predicted octanol–water partition coefficient (Wildman–Crippen LogP) is 4.58. The summed E-state index contributed by atoms with van der Waals surface area (Å²) in [7, 11) is 1.83. The second-order valence-electron chi connectivity index (χ2n) is 9.40. The van der Waals surface area contributed by atoms with E-state index in [0.29, 0.717) is 17.4 Å². The number of hydrogen-bond donors (Lipinski definition) is 1. The van der Waals surface area contributed by atoms with Gasteiger partial charge in [0, 0.05) is 48.4 Å². The number of nitrogens with zero attached hydrogens (tertiary/aromatic N) is 2. The molecule has 1 aromatic heterocycles. The second kappa shape index (κ2) is 7.56. The molecule has 0 bridgehead atoms. The molecule has 2 aromatic carbocycles. The second-order valence-corrected chi connectivity index (χ2v) is 9.40. The molecule has 3 aromatic rings. The molecule has 5 rings (SSSR count). The first-order valence-corrected chi connectivity index (χ1v) is 11.2. The third kappa shape index (κ3) is 3.23. The summed E-state index contributed by atoms with van der Waals surface area (Å²) in [6, 6.07) is 15.4. The zero-order chi connectivity index (χ0) is 21.7. The highest BCUT2D eigenvalue weighted by Gasteiger charge is 2.45. The molecule has 31 heavy (non-hydrogen) atoms. The molecule has 0 spiro atoms. The maximum atomic E-state index is 14.1. The minimum Gasteiger partial charge on any atom is -0.361 e. The summed E-state index contributed by atoms with van der Waals surface area (Å²) < 4.78 is 0. The molecular formula is C26H29N3O2. The van der Waals surface area contributed by atoms with Crippen molar-refractivity contribution in [2.45, 2.75) is 32.2 Å². The van der Waals surface area contributed by atoms with Crippen LogP contribution in [0.4, 0.5) is 0 Å². The number of aromatic amines is 1. The van der Waals surface area contributed by atoms with E-state index in [1.54, 1.807) is 4.90 Å². The molecular weight excluding hydrogens is 386 g/mol. The van der Waals surface area contributed by atoms with Crippen LogP contribution in [0, 0.1) is 11.8 Å². The van der Waals surface area contributed by atoms with E-state index in [9.17, 15) is 9.59 Å². The van der Waals surface area contributed by atoms with Gasteiger partial charge in [-0.3, -0.25) is 9.59 Å². The van der Waals surface area contributed by atoms with Crippen LogP contribution in [0.3, 0.4) is 0 Å². The quantitative estimate of drug-likeness (QED) is 0.666. The number of likely N-dealkylation sites (tertiary alicyclic amines) is 1. The molecule has 5 nitrogen and oxygen atoms in total. The highest BCUT2D eigenvalue weighted by atomic mass is 16.2. The maximum Gasteiger partial charge on any atom is 0.254 e. The van der Waals surface area contributed by atoms with Crippen molar-refractivity contribution in [3.8, 4) is 0 Å². The normalized spacial score (nSPS) is 26.2. The highest BCUT2D eigenvalue weighted by Crippen LogP contribution is 2.45. The number of H-pyrrole nitrogens is 1. The number of amides is 2. The summed E-state index contributed by atoms with van der Waals surface area (Å²) in [4.78, 5) is 34.5. The Labute approximate surface area is 183 Å². The SMILES string of the molecule is C[C@@H]1C[C@H](C)CN(C(=O)[C@H]2c3ccccc3C(=O)N(C)[C@@H]2c2c[nH]c3ccccc23)C1. The number of fused-ring (bicyclic) bond motifs is 2. The van der Waals surface area contributed by atoms with Crippen molar-refractivity contribution in [1.82, 2.24) is 14.8 Å². The zero-order valence-corrected chi connectivity index (χ0v) is 18.3. The molecule has 2 amide bonds. The molecule has 2 aliphatic heterocycles. The fraction of sp³-hybridized carbons (Fsp3) is 0.385. The van der Waals surface area contributed by atoms with Crippen LogP contribution in [0.5, 0.6) is 0 Å². The fourth-order valence-electron chi connectivity index (χ4n) is 5.71. The molecule has 0 saturated carbocycles. The van der Waals surface area contributed by atoms with Crippen molar-refractivity contribution < 1.29 is 9.59 Å². The number of rotatable bonds is 2. The minimum absolute atomic E-state index is 0.0321. The van der Waals surface area contributed by atoms with Crippen molar-refractivity contribution in [2.75, 3.05) is 20.1 Å². The minimum atomic E-state index is -0.421. The van der Waals surface area contributed by atoms with Crippen LogP contribution in [0.1, 0.15) is 53.7 Å².